The lowest BCUT2D eigenvalue weighted by molar-refractivity contribution is 0.669. The van der Waals surface area contributed by atoms with Crippen LogP contribution in [0.4, 0.5) is 0 Å². The van der Waals surface area contributed by atoms with Crippen molar-refractivity contribution in [1.29, 1.82) is 0 Å². The highest BCUT2D eigenvalue weighted by Crippen LogP contribution is 2.47. The molecule has 0 saturated heterocycles. The number of rotatable bonds is 3. The van der Waals surface area contributed by atoms with Crippen LogP contribution in [-0.2, 0) is 0 Å². The largest absolute Gasteiger partial charge is 0.456 e. The fourth-order valence-electron chi connectivity index (χ4n) is 4.64. The SMILES string of the molecule is [2H]c1c([2H])c([2H])c(-c2c([2H])c([2H])c([2H])c(-c3c4c([2H])c([2H])c([2H])c([2H])c4c(-c4c([2H])c([2H])c([2H])c5oc6c([2H])c([2H])c([2H])c([2H])c6c45)c4c([2H])c([2H])c([2H])c([2H])c34)c2[2H])c([2H])c1[2H]. The van der Waals surface area contributed by atoms with Crippen LogP contribution in [0.15, 0.2) is 149 Å². The average Bonchev–Trinajstić information content (AvgIpc) is 3.66. The molecule has 0 amide bonds. The maximum Gasteiger partial charge on any atom is 0.136 e. The minimum Gasteiger partial charge on any atom is -0.456 e. The molecule has 0 saturated carbocycles. The normalized spacial score (nSPS) is 20.2. The summed E-state index contributed by atoms with van der Waals surface area (Å²) in [7, 11) is 0. The standard InChI is InChI=1S/C38H24O/c1-2-12-25(13-3-1)26-14-10-15-27(24-26)36-28-16-4-6-18-30(28)37(31-19-7-5-17-29(31)36)33-21-11-23-35-38(33)32-20-8-9-22-34(32)39-35/h1-24H/i1D,2D,3D,4D,5D,6D,7D,8D,9D,10D,11D,12D,13D,14D,15D,16D,17D,18D,19D,20D,21D,22D,23D,24D. The van der Waals surface area contributed by atoms with Gasteiger partial charge in [-0.15, -0.1) is 0 Å². The molecule has 1 nitrogen and oxygen atoms in total. The number of benzene rings is 7. The molecular weight excluding hydrogens is 472 g/mol. The summed E-state index contributed by atoms with van der Waals surface area (Å²) in [6.07, 6.45) is 0. The van der Waals surface area contributed by atoms with Gasteiger partial charge in [0.25, 0.3) is 0 Å². The Labute approximate surface area is 260 Å². The molecule has 39 heavy (non-hydrogen) atoms. The van der Waals surface area contributed by atoms with Gasteiger partial charge in [-0.1, -0.05) is 127 Å². The Balaban J connectivity index is 1.77. The Kier molecular flexibility index (Phi) is 1.94. The van der Waals surface area contributed by atoms with Crippen LogP contribution < -0.4 is 0 Å². The van der Waals surface area contributed by atoms with E-state index in [1.807, 2.05) is 0 Å². The molecule has 0 atom stereocenters. The fraction of sp³-hybridized carbons (Fsp3) is 0. The third-order valence-corrected chi connectivity index (χ3v) is 6.20. The Morgan fingerprint density at radius 2 is 0.897 bits per heavy atom. The smallest absolute Gasteiger partial charge is 0.136 e. The van der Waals surface area contributed by atoms with E-state index in [-0.39, 0.29) is 0 Å². The molecule has 1 heterocycles. The molecule has 0 spiro atoms. The van der Waals surface area contributed by atoms with E-state index in [2.05, 4.69) is 0 Å². The van der Waals surface area contributed by atoms with E-state index in [9.17, 15) is 9.60 Å². The Morgan fingerprint density at radius 3 is 1.62 bits per heavy atom. The van der Waals surface area contributed by atoms with Crippen molar-refractivity contribution in [3.8, 4) is 33.4 Å². The number of hydrogen-bond donors (Lipinski definition) is 0. The summed E-state index contributed by atoms with van der Waals surface area (Å²) < 4.78 is 218. The molecule has 0 aliphatic rings. The van der Waals surface area contributed by atoms with Gasteiger partial charge in [-0.3, -0.25) is 0 Å². The van der Waals surface area contributed by atoms with Gasteiger partial charge in [-0.05, 0) is 73.1 Å². The van der Waals surface area contributed by atoms with Gasteiger partial charge in [-0.2, -0.15) is 0 Å². The van der Waals surface area contributed by atoms with E-state index in [4.69, 9.17) is 27.7 Å². The van der Waals surface area contributed by atoms with Crippen LogP contribution in [0, 0.1) is 0 Å². The van der Waals surface area contributed by atoms with Crippen LogP contribution >= 0.6 is 0 Å². The molecule has 0 aliphatic heterocycles. The number of furan rings is 1. The first-order chi connectivity index (χ1) is 29.3. The molecule has 7 aromatic carbocycles. The van der Waals surface area contributed by atoms with Gasteiger partial charge in [0.1, 0.15) is 11.2 Å². The Bertz CT molecular complexity index is 3390. The zero-order chi connectivity index (χ0) is 46.6. The second-order valence-corrected chi connectivity index (χ2v) is 8.26. The molecule has 0 aliphatic carbocycles. The lowest BCUT2D eigenvalue weighted by Gasteiger charge is -2.18. The van der Waals surface area contributed by atoms with Crippen LogP contribution in [-0.4, -0.2) is 0 Å². The molecule has 1 heteroatoms. The van der Waals surface area contributed by atoms with E-state index in [0.717, 1.165) is 0 Å². The monoisotopic (exact) mass is 520 g/mol. The highest BCUT2D eigenvalue weighted by Gasteiger charge is 2.20. The summed E-state index contributed by atoms with van der Waals surface area (Å²) in [4.78, 5) is 0. The average molecular weight is 521 g/mol. The fourth-order valence-corrected chi connectivity index (χ4v) is 4.64. The van der Waals surface area contributed by atoms with Crippen LogP contribution in [0.3, 0.4) is 0 Å². The molecule has 0 unspecified atom stereocenters. The van der Waals surface area contributed by atoms with Crippen molar-refractivity contribution in [2.45, 2.75) is 0 Å². The van der Waals surface area contributed by atoms with Crippen LogP contribution in [0.5, 0.6) is 0 Å². The van der Waals surface area contributed by atoms with E-state index >= 15 is 0 Å². The first kappa shape index (κ1) is 8.69. The maximum absolute atomic E-state index is 9.54. The second-order valence-electron chi connectivity index (χ2n) is 8.26. The summed E-state index contributed by atoms with van der Waals surface area (Å²) in [5.41, 5.74) is -5.47. The molecule has 0 radical (unpaired) electrons. The van der Waals surface area contributed by atoms with Crippen molar-refractivity contribution < 1.29 is 37.3 Å². The summed E-state index contributed by atoms with van der Waals surface area (Å²) in [6, 6.07) is -21.8. The lowest BCUT2D eigenvalue weighted by Crippen LogP contribution is -1.91. The number of hydrogen-bond acceptors (Lipinski definition) is 1. The van der Waals surface area contributed by atoms with Crippen LogP contribution in [0.1, 0.15) is 32.9 Å². The minimum atomic E-state index is -1.02. The summed E-state index contributed by atoms with van der Waals surface area (Å²) in [6.45, 7) is 0. The van der Waals surface area contributed by atoms with E-state index in [1.54, 1.807) is 0 Å². The molecule has 8 aromatic rings. The van der Waals surface area contributed by atoms with Gasteiger partial charge < -0.3 is 4.42 Å². The molecule has 0 N–H and O–H groups in total. The van der Waals surface area contributed by atoms with Crippen molar-refractivity contribution in [3.05, 3.63) is 145 Å². The number of fused-ring (bicyclic) bond motifs is 5. The van der Waals surface area contributed by atoms with Crippen molar-refractivity contribution in [3.63, 3.8) is 0 Å². The molecule has 182 valence electrons. The summed E-state index contributed by atoms with van der Waals surface area (Å²) in [5, 5.41) is -3.68. The predicted molar refractivity (Wildman–Crippen MR) is 165 cm³/mol. The number of para-hydroxylation sites is 1. The molecule has 8 rings (SSSR count). The van der Waals surface area contributed by atoms with Gasteiger partial charge >= 0.3 is 0 Å². The maximum atomic E-state index is 9.54. The molecular formula is C38H24O. The lowest BCUT2D eigenvalue weighted by atomic mass is 9.84. The highest BCUT2D eigenvalue weighted by molar-refractivity contribution is 6.25. The van der Waals surface area contributed by atoms with Crippen LogP contribution in [0.25, 0.3) is 76.9 Å². The predicted octanol–water partition coefficient (Wildman–Crippen LogP) is 10.9. The van der Waals surface area contributed by atoms with Crippen molar-refractivity contribution in [2.75, 3.05) is 0 Å². The molecule has 1 aromatic heterocycles. The summed E-state index contributed by atoms with van der Waals surface area (Å²) >= 11 is 0. The van der Waals surface area contributed by atoms with Crippen molar-refractivity contribution in [1.82, 2.24) is 0 Å². The quantitative estimate of drug-likeness (QED) is 0.211. The van der Waals surface area contributed by atoms with E-state index in [1.165, 1.54) is 0 Å². The van der Waals surface area contributed by atoms with Gasteiger partial charge in [0, 0.05) is 10.8 Å². The third-order valence-electron chi connectivity index (χ3n) is 6.20. The first-order valence-corrected chi connectivity index (χ1v) is 11.4. The second kappa shape index (κ2) is 8.72. The zero-order valence-electron chi connectivity index (χ0n) is 43.4. The topological polar surface area (TPSA) is 13.1 Å². The van der Waals surface area contributed by atoms with Crippen molar-refractivity contribution in [2.24, 2.45) is 0 Å². The van der Waals surface area contributed by atoms with Crippen molar-refractivity contribution >= 4 is 43.5 Å². The minimum absolute atomic E-state index is 0.449. The Morgan fingerprint density at radius 1 is 0.385 bits per heavy atom. The van der Waals surface area contributed by atoms with Gasteiger partial charge in [0.05, 0.1) is 32.9 Å². The molecule has 0 fully saturated rings. The summed E-state index contributed by atoms with van der Waals surface area (Å²) in [5.74, 6) is 0. The third kappa shape index (κ3) is 3.41. The zero-order valence-corrected chi connectivity index (χ0v) is 19.4. The van der Waals surface area contributed by atoms with Gasteiger partial charge in [0.15, 0.2) is 0 Å². The first-order valence-electron chi connectivity index (χ1n) is 23.4. The Hall–Kier alpha value is -5.14. The van der Waals surface area contributed by atoms with Crippen LogP contribution in [0.2, 0.25) is 0 Å². The van der Waals surface area contributed by atoms with E-state index < -0.39 is 222 Å². The highest BCUT2D eigenvalue weighted by atomic mass is 16.3. The molecule has 0 bridgehead atoms. The van der Waals surface area contributed by atoms with Gasteiger partial charge in [-0.25, -0.2) is 0 Å². The van der Waals surface area contributed by atoms with E-state index in [0.29, 0.717) is 0 Å². The van der Waals surface area contributed by atoms with Gasteiger partial charge in [0.2, 0.25) is 0 Å².